The first-order valence-corrected chi connectivity index (χ1v) is 10.5. The smallest absolute Gasteiger partial charge is 0.251 e. The lowest BCUT2D eigenvalue weighted by Crippen LogP contribution is -2.57. The molecule has 29 heavy (non-hydrogen) atoms. The van der Waals surface area contributed by atoms with Crippen molar-refractivity contribution >= 4 is 16.7 Å². The predicted molar refractivity (Wildman–Crippen MR) is 115 cm³/mol. The van der Waals surface area contributed by atoms with E-state index < -0.39 is 0 Å². The van der Waals surface area contributed by atoms with Crippen LogP contribution in [0.4, 0.5) is 0 Å². The first kappa shape index (κ1) is 18.2. The van der Waals surface area contributed by atoms with Crippen molar-refractivity contribution in [1.82, 2.24) is 10.2 Å². The van der Waals surface area contributed by atoms with E-state index in [2.05, 4.69) is 22.3 Å². The van der Waals surface area contributed by atoms with E-state index >= 15 is 0 Å². The van der Waals surface area contributed by atoms with Crippen molar-refractivity contribution < 1.29 is 9.53 Å². The van der Waals surface area contributed by atoms with Crippen LogP contribution in [-0.4, -0.2) is 36.5 Å². The van der Waals surface area contributed by atoms with Gasteiger partial charge in [-0.2, -0.15) is 0 Å². The molecule has 1 N–H and O–H groups in total. The van der Waals surface area contributed by atoms with E-state index in [1.165, 1.54) is 25.9 Å². The number of fused-ring (bicyclic) bond motifs is 4. The quantitative estimate of drug-likeness (QED) is 0.713. The molecule has 0 aliphatic carbocycles. The Morgan fingerprint density at radius 1 is 0.966 bits per heavy atom. The van der Waals surface area contributed by atoms with Crippen LogP contribution < -0.4 is 10.1 Å². The monoisotopic (exact) mass is 386 g/mol. The van der Waals surface area contributed by atoms with Gasteiger partial charge in [-0.1, -0.05) is 42.5 Å². The minimum absolute atomic E-state index is 0.0289. The maximum atomic E-state index is 12.9. The SMILES string of the molecule is O=C(NC1CN2CCC1CC2)c1ccc2ccc(OCc3ccccc3)cc2c1. The minimum Gasteiger partial charge on any atom is -0.489 e. The molecule has 0 radical (unpaired) electrons. The molecule has 0 spiro atoms. The number of nitrogens with zero attached hydrogens (tertiary/aromatic N) is 1. The van der Waals surface area contributed by atoms with Crippen molar-refractivity contribution in [3.8, 4) is 5.75 Å². The fourth-order valence-electron chi connectivity index (χ4n) is 4.58. The van der Waals surface area contributed by atoms with E-state index in [1.54, 1.807) is 0 Å². The van der Waals surface area contributed by atoms with Crippen molar-refractivity contribution in [2.24, 2.45) is 5.92 Å². The number of carbonyl (C=O) groups is 1. The summed E-state index contributed by atoms with van der Waals surface area (Å²) >= 11 is 0. The number of carbonyl (C=O) groups excluding carboxylic acids is 1. The van der Waals surface area contributed by atoms with Crippen molar-refractivity contribution in [3.63, 3.8) is 0 Å². The molecule has 1 amide bonds. The van der Waals surface area contributed by atoms with Gasteiger partial charge >= 0.3 is 0 Å². The molecule has 0 saturated carbocycles. The Morgan fingerprint density at radius 3 is 2.52 bits per heavy atom. The molecule has 3 aliphatic rings. The average Bonchev–Trinajstić information content (AvgIpc) is 2.78. The second-order valence-corrected chi connectivity index (χ2v) is 8.22. The molecular formula is C25H26N2O2. The lowest BCUT2D eigenvalue weighted by molar-refractivity contribution is 0.0620. The van der Waals surface area contributed by atoms with Gasteiger partial charge in [0.25, 0.3) is 5.91 Å². The zero-order chi connectivity index (χ0) is 19.6. The molecule has 3 aromatic carbocycles. The fraction of sp³-hybridized carbons (Fsp3) is 0.320. The summed E-state index contributed by atoms with van der Waals surface area (Å²) in [7, 11) is 0. The van der Waals surface area contributed by atoms with Gasteiger partial charge < -0.3 is 15.0 Å². The van der Waals surface area contributed by atoms with E-state index in [1.807, 2.05) is 54.6 Å². The van der Waals surface area contributed by atoms with E-state index in [0.717, 1.165) is 28.6 Å². The van der Waals surface area contributed by atoms with Crippen LogP contribution in [0.15, 0.2) is 66.7 Å². The van der Waals surface area contributed by atoms with Crippen molar-refractivity contribution in [2.75, 3.05) is 19.6 Å². The Balaban J connectivity index is 1.30. The van der Waals surface area contributed by atoms with Crippen LogP contribution >= 0.6 is 0 Å². The molecule has 2 bridgehead atoms. The molecule has 6 rings (SSSR count). The van der Waals surface area contributed by atoms with Gasteiger partial charge in [0.15, 0.2) is 0 Å². The summed E-state index contributed by atoms with van der Waals surface area (Å²) in [4.78, 5) is 15.3. The normalized spacial score (nSPS) is 23.1. The van der Waals surface area contributed by atoms with Gasteiger partial charge in [0.05, 0.1) is 0 Å². The Hall–Kier alpha value is -2.85. The van der Waals surface area contributed by atoms with Gasteiger partial charge in [-0.05, 0) is 72.5 Å². The highest BCUT2D eigenvalue weighted by atomic mass is 16.5. The summed E-state index contributed by atoms with van der Waals surface area (Å²) in [5.74, 6) is 1.47. The Bertz CT molecular complexity index is 1010. The van der Waals surface area contributed by atoms with Crippen LogP contribution in [0.1, 0.15) is 28.8 Å². The van der Waals surface area contributed by atoms with Crippen LogP contribution in [0, 0.1) is 5.92 Å². The number of hydrogen-bond acceptors (Lipinski definition) is 3. The molecule has 3 heterocycles. The number of ether oxygens (including phenoxy) is 1. The third-order valence-corrected chi connectivity index (χ3v) is 6.29. The Morgan fingerprint density at radius 2 is 1.76 bits per heavy atom. The van der Waals surface area contributed by atoms with E-state index in [-0.39, 0.29) is 11.9 Å². The van der Waals surface area contributed by atoms with Crippen LogP contribution in [-0.2, 0) is 6.61 Å². The highest BCUT2D eigenvalue weighted by molar-refractivity contribution is 5.99. The molecule has 4 nitrogen and oxygen atoms in total. The second kappa shape index (κ2) is 7.88. The minimum atomic E-state index is 0.0289. The predicted octanol–water partition coefficient (Wildman–Crippen LogP) is 4.24. The largest absolute Gasteiger partial charge is 0.489 e. The molecule has 3 fully saturated rings. The van der Waals surface area contributed by atoms with E-state index in [0.29, 0.717) is 18.1 Å². The zero-order valence-corrected chi connectivity index (χ0v) is 16.5. The molecule has 1 atom stereocenters. The zero-order valence-electron chi connectivity index (χ0n) is 16.5. The maximum Gasteiger partial charge on any atom is 0.251 e. The third-order valence-electron chi connectivity index (χ3n) is 6.29. The summed E-state index contributed by atoms with van der Waals surface area (Å²) < 4.78 is 5.95. The number of nitrogens with one attached hydrogen (secondary N) is 1. The topological polar surface area (TPSA) is 41.6 Å². The van der Waals surface area contributed by atoms with Crippen LogP contribution in [0.2, 0.25) is 0 Å². The van der Waals surface area contributed by atoms with Crippen molar-refractivity contribution in [2.45, 2.75) is 25.5 Å². The summed E-state index contributed by atoms with van der Waals surface area (Å²) in [5, 5.41) is 5.41. The molecule has 3 saturated heterocycles. The fourth-order valence-corrected chi connectivity index (χ4v) is 4.58. The van der Waals surface area contributed by atoms with E-state index in [4.69, 9.17) is 4.74 Å². The number of benzene rings is 3. The van der Waals surface area contributed by atoms with Crippen LogP contribution in [0.3, 0.4) is 0 Å². The second-order valence-electron chi connectivity index (χ2n) is 8.22. The van der Waals surface area contributed by atoms with Crippen molar-refractivity contribution in [1.29, 1.82) is 0 Å². The van der Waals surface area contributed by atoms with Gasteiger partial charge in [-0.25, -0.2) is 0 Å². The number of piperidine rings is 3. The van der Waals surface area contributed by atoms with Gasteiger partial charge in [0.2, 0.25) is 0 Å². The standard InChI is InChI=1S/C25H26N2O2/c28-25(26-24-16-27-12-10-20(24)11-13-27)21-7-6-19-8-9-23(15-22(19)14-21)29-17-18-4-2-1-3-5-18/h1-9,14-15,20,24H,10-13,16-17H2,(H,26,28). The van der Waals surface area contributed by atoms with E-state index in [9.17, 15) is 4.79 Å². The van der Waals surface area contributed by atoms with Gasteiger partial charge in [-0.15, -0.1) is 0 Å². The Kier molecular flexibility index (Phi) is 4.94. The molecular weight excluding hydrogens is 360 g/mol. The first-order valence-electron chi connectivity index (χ1n) is 10.5. The van der Waals surface area contributed by atoms with Gasteiger partial charge in [0.1, 0.15) is 12.4 Å². The van der Waals surface area contributed by atoms with Crippen LogP contribution in [0.25, 0.3) is 10.8 Å². The molecule has 148 valence electrons. The molecule has 4 heteroatoms. The average molecular weight is 386 g/mol. The molecule has 3 aromatic rings. The molecule has 1 unspecified atom stereocenters. The lowest BCUT2D eigenvalue weighted by Gasteiger charge is -2.44. The first-order chi connectivity index (χ1) is 14.2. The lowest BCUT2D eigenvalue weighted by atomic mass is 9.84. The van der Waals surface area contributed by atoms with Crippen molar-refractivity contribution in [3.05, 3.63) is 77.9 Å². The maximum absolute atomic E-state index is 12.9. The number of rotatable bonds is 5. The highest BCUT2D eigenvalue weighted by Gasteiger charge is 2.34. The van der Waals surface area contributed by atoms with Gasteiger partial charge in [-0.3, -0.25) is 4.79 Å². The molecule has 3 aliphatic heterocycles. The number of hydrogen-bond donors (Lipinski definition) is 1. The Labute approximate surface area is 171 Å². The number of amides is 1. The summed E-state index contributed by atoms with van der Waals surface area (Å²) in [6.07, 6.45) is 2.40. The molecule has 0 aromatic heterocycles. The summed E-state index contributed by atoms with van der Waals surface area (Å²) in [6.45, 7) is 3.88. The summed E-state index contributed by atoms with van der Waals surface area (Å²) in [6, 6.07) is 22.4. The summed E-state index contributed by atoms with van der Waals surface area (Å²) in [5.41, 5.74) is 1.85. The van der Waals surface area contributed by atoms with Gasteiger partial charge in [0, 0.05) is 18.2 Å². The highest BCUT2D eigenvalue weighted by Crippen LogP contribution is 2.28. The van der Waals surface area contributed by atoms with Crippen LogP contribution in [0.5, 0.6) is 5.75 Å². The third kappa shape index (κ3) is 3.99.